The molecule has 3 aromatic rings. The van der Waals surface area contributed by atoms with E-state index in [4.69, 9.17) is 0 Å². The van der Waals surface area contributed by atoms with Crippen LogP contribution in [0.3, 0.4) is 0 Å². The molecule has 1 aliphatic heterocycles. The van der Waals surface area contributed by atoms with Gasteiger partial charge in [0.25, 0.3) is 0 Å². The van der Waals surface area contributed by atoms with Crippen LogP contribution >= 0.6 is 0 Å². The molecular formula is C25H26FN3O. The molecule has 4 nitrogen and oxygen atoms in total. The first-order valence-corrected chi connectivity index (χ1v) is 10.3. The molecule has 2 aromatic carbocycles. The number of carbonyl (C=O) groups is 1. The van der Waals surface area contributed by atoms with Crippen molar-refractivity contribution in [3.05, 3.63) is 90.0 Å². The molecule has 1 atom stereocenters. The molecule has 0 radical (unpaired) electrons. The summed E-state index contributed by atoms with van der Waals surface area (Å²) < 4.78 is 13.6. The fraction of sp³-hybridized carbons (Fsp3) is 0.280. The summed E-state index contributed by atoms with van der Waals surface area (Å²) in [5, 5.41) is 0. The molecule has 2 heterocycles. The summed E-state index contributed by atoms with van der Waals surface area (Å²) in [7, 11) is 1.87. The van der Waals surface area contributed by atoms with E-state index < -0.39 is 0 Å². The first-order valence-electron chi connectivity index (χ1n) is 10.3. The Kier molecular flexibility index (Phi) is 6.19. The fourth-order valence-electron chi connectivity index (χ4n) is 4.03. The lowest BCUT2D eigenvalue weighted by molar-refractivity contribution is -0.133. The molecule has 30 heavy (non-hydrogen) atoms. The van der Waals surface area contributed by atoms with Gasteiger partial charge >= 0.3 is 0 Å². The van der Waals surface area contributed by atoms with Crippen LogP contribution in [0.5, 0.6) is 0 Å². The van der Waals surface area contributed by atoms with E-state index in [1.807, 2.05) is 36.3 Å². The molecule has 1 fully saturated rings. The SMILES string of the molecule is CN1CCN(Cc2cccc(F)c2)CC(Cc2ccc(-c3cccnc3)cc2)C1=O. The normalized spacial score (nSPS) is 17.7. The number of halogens is 1. The molecule has 1 unspecified atom stereocenters. The van der Waals surface area contributed by atoms with Crippen molar-refractivity contribution in [1.82, 2.24) is 14.8 Å². The molecule has 0 aliphatic carbocycles. The highest BCUT2D eigenvalue weighted by Gasteiger charge is 2.28. The zero-order valence-corrected chi connectivity index (χ0v) is 17.2. The van der Waals surface area contributed by atoms with Gasteiger partial charge in [-0.25, -0.2) is 4.39 Å². The maximum Gasteiger partial charge on any atom is 0.227 e. The summed E-state index contributed by atoms with van der Waals surface area (Å²) in [4.78, 5) is 21.2. The minimum atomic E-state index is -0.222. The Labute approximate surface area is 177 Å². The molecule has 0 N–H and O–H groups in total. The Hall–Kier alpha value is -3.05. The van der Waals surface area contributed by atoms with Gasteiger partial charge in [-0.1, -0.05) is 42.5 Å². The van der Waals surface area contributed by atoms with Gasteiger partial charge in [0.2, 0.25) is 5.91 Å². The van der Waals surface area contributed by atoms with Gasteiger partial charge in [0, 0.05) is 45.6 Å². The van der Waals surface area contributed by atoms with Crippen LogP contribution in [-0.2, 0) is 17.8 Å². The largest absolute Gasteiger partial charge is 0.344 e. The van der Waals surface area contributed by atoms with Crippen LogP contribution in [0.4, 0.5) is 4.39 Å². The van der Waals surface area contributed by atoms with Crippen molar-refractivity contribution in [3.63, 3.8) is 0 Å². The van der Waals surface area contributed by atoms with Gasteiger partial charge < -0.3 is 4.90 Å². The van der Waals surface area contributed by atoms with Crippen molar-refractivity contribution in [3.8, 4) is 11.1 Å². The van der Waals surface area contributed by atoms with Gasteiger partial charge in [-0.3, -0.25) is 14.7 Å². The lowest BCUT2D eigenvalue weighted by atomic mass is 9.96. The van der Waals surface area contributed by atoms with E-state index in [1.165, 1.54) is 6.07 Å². The summed E-state index contributed by atoms with van der Waals surface area (Å²) in [6, 6.07) is 19.0. The molecule has 1 saturated heterocycles. The van der Waals surface area contributed by atoms with Crippen LogP contribution in [0.2, 0.25) is 0 Å². The maximum absolute atomic E-state index is 13.6. The highest BCUT2D eigenvalue weighted by Crippen LogP contribution is 2.22. The third-order valence-corrected chi connectivity index (χ3v) is 5.68. The van der Waals surface area contributed by atoms with E-state index >= 15 is 0 Å². The number of likely N-dealkylation sites (N-methyl/N-ethyl adjacent to an activating group) is 1. The maximum atomic E-state index is 13.6. The molecule has 0 saturated carbocycles. The predicted molar refractivity (Wildman–Crippen MR) is 116 cm³/mol. The smallest absolute Gasteiger partial charge is 0.227 e. The molecule has 1 aliphatic rings. The first kappa shape index (κ1) is 20.2. The molecule has 0 spiro atoms. The zero-order valence-electron chi connectivity index (χ0n) is 17.2. The van der Waals surface area contributed by atoms with Crippen molar-refractivity contribution in [1.29, 1.82) is 0 Å². The highest BCUT2D eigenvalue weighted by molar-refractivity contribution is 5.79. The average molecular weight is 404 g/mol. The summed E-state index contributed by atoms with van der Waals surface area (Å²) in [6.45, 7) is 2.79. The van der Waals surface area contributed by atoms with Crippen molar-refractivity contribution in [2.75, 3.05) is 26.7 Å². The third kappa shape index (κ3) is 4.92. The Bertz CT molecular complexity index is 991. The van der Waals surface area contributed by atoms with Crippen LogP contribution in [-0.4, -0.2) is 47.4 Å². The van der Waals surface area contributed by atoms with Crippen molar-refractivity contribution in [2.24, 2.45) is 5.92 Å². The minimum Gasteiger partial charge on any atom is -0.344 e. The summed E-state index contributed by atoms with van der Waals surface area (Å²) in [6.07, 6.45) is 4.31. The molecule has 0 bridgehead atoms. The minimum absolute atomic E-state index is 0.115. The monoisotopic (exact) mass is 403 g/mol. The van der Waals surface area contributed by atoms with E-state index in [9.17, 15) is 9.18 Å². The fourth-order valence-corrected chi connectivity index (χ4v) is 4.03. The topological polar surface area (TPSA) is 36.4 Å². The second-order valence-electron chi connectivity index (χ2n) is 7.96. The number of carbonyl (C=O) groups excluding carboxylic acids is 1. The molecule has 5 heteroatoms. The lowest BCUT2D eigenvalue weighted by Crippen LogP contribution is -2.34. The summed E-state index contributed by atoms with van der Waals surface area (Å²) in [5.74, 6) is -0.163. The number of rotatable bonds is 5. The number of hydrogen-bond acceptors (Lipinski definition) is 3. The van der Waals surface area contributed by atoms with E-state index in [0.717, 1.165) is 28.8 Å². The van der Waals surface area contributed by atoms with Crippen LogP contribution in [0.25, 0.3) is 11.1 Å². The second-order valence-corrected chi connectivity index (χ2v) is 7.96. The standard InChI is InChI=1S/C25H26FN3O/c1-28-12-13-29(17-20-4-2-6-24(26)15-20)18-23(25(28)30)14-19-7-9-21(10-8-19)22-5-3-11-27-16-22/h2-11,15-16,23H,12-14,17-18H2,1H3. The van der Waals surface area contributed by atoms with Crippen LogP contribution in [0.15, 0.2) is 73.1 Å². The van der Waals surface area contributed by atoms with Gasteiger partial charge in [0.15, 0.2) is 0 Å². The van der Waals surface area contributed by atoms with Crippen LogP contribution < -0.4 is 0 Å². The van der Waals surface area contributed by atoms with Crippen LogP contribution in [0, 0.1) is 11.7 Å². The molecule has 154 valence electrons. The number of nitrogens with zero attached hydrogens (tertiary/aromatic N) is 3. The molecule has 1 aromatic heterocycles. The third-order valence-electron chi connectivity index (χ3n) is 5.68. The lowest BCUT2D eigenvalue weighted by Gasteiger charge is -2.23. The van der Waals surface area contributed by atoms with Gasteiger partial charge in [-0.2, -0.15) is 0 Å². The Morgan fingerprint density at radius 1 is 1.00 bits per heavy atom. The number of amides is 1. The van der Waals surface area contributed by atoms with Crippen molar-refractivity contribution in [2.45, 2.75) is 13.0 Å². The Balaban J connectivity index is 1.47. The van der Waals surface area contributed by atoms with Crippen molar-refractivity contribution >= 4 is 5.91 Å². The van der Waals surface area contributed by atoms with Gasteiger partial charge in [-0.15, -0.1) is 0 Å². The Morgan fingerprint density at radius 2 is 1.83 bits per heavy atom. The van der Waals surface area contributed by atoms with E-state index in [-0.39, 0.29) is 17.6 Å². The van der Waals surface area contributed by atoms with Crippen molar-refractivity contribution < 1.29 is 9.18 Å². The zero-order chi connectivity index (χ0) is 20.9. The molecule has 4 rings (SSSR count). The molecule has 1 amide bonds. The summed E-state index contributed by atoms with van der Waals surface area (Å²) in [5.41, 5.74) is 4.27. The first-order chi connectivity index (χ1) is 14.6. The second kappa shape index (κ2) is 9.18. The number of benzene rings is 2. The predicted octanol–water partition coefficient (Wildman–Crippen LogP) is 4.02. The Morgan fingerprint density at radius 3 is 2.57 bits per heavy atom. The highest BCUT2D eigenvalue weighted by atomic mass is 19.1. The van der Waals surface area contributed by atoms with Crippen LogP contribution in [0.1, 0.15) is 11.1 Å². The average Bonchev–Trinajstić information content (AvgIpc) is 2.89. The van der Waals surface area contributed by atoms with E-state index in [0.29, 0.717) is 26.1 Å². The quantitative estimate of drug-likeness (QED) is 0.646. The van der Waals surface area contributed by atoms with Gasteiger partial charge in [-0.05, 0) is 46.9 Å². The van der Waals surface area contributed by atoms with Gasteiger partial charge in [0.1, 0.15) is 5.82 Å². The van der Waals surface area contributed by atoms with E-state index in [2.05, 4.69) is 34.1 Å². The van der Waals surface area contributed by atoms with E-state index in [1.54, 1.807) is 18.3 Å². The molecular weight excluding hydrogens is 377 g/mol. The van der Waals surface area contributed by atoms with Gasteiger partial charge in [0.05, 0.1) is 5.92 Å². The number of aromatic nitrogens is 1. The number of hydrogen-bond donors (Lipinski definition) is 0. The number of pyridine rings is 1. The summed E-state index contributed by atoms with van der Waals surface area (Å²) >= 11 is 0.